The topological polar surface area (TPSA) is 97.1 Å². The van der Waals surface area contributed by atoms with Crippen LogP contribution in [0.2, 0.25) is 0 Å². The maximum absolute atomic E-state index is 13.3. The van der Waals surface area contributed by atoms with Gasteiger partial charge in [0, 0.05) is 48.4 Å². The molecule has 0 radical (unpaired) electrons. The van der Waals surface area contributed by atoms with Gasteiger partial charge in [-0.2, -0.15) is 0 Å². The quantitative estimate of drug-likeness (QED) is 0.476. The molecule has 0 saturated heterocycles. The number of benzene rings is 2. The van der Waals surface area contributed by atoms with Crippen LogP contribution >= 0.6 is 0 Å². The number of dihydropyridines is 1. The minimum atomic E-state index is -3.68. The van der Waals surface area contributed by atoms with E-state index in [-0.39, 0.29) is 29.9 Å². The van der Waals surface area contributed by atoms with E-state index in [1.54, 1.807) is 24.5 Å². The van der Waals surface area contributed by atoms with E-state index >= 15 is 0 Å². The zero-order valence-corrected chi connectivity index (χ0v) is 19.3. The van der Waals surface area contributed by atoms with E-state index in [0.29, 0.717) is 23.6 Å². The Balaban J connectivity index is 1.30. The third-order valence-electron chi connectivity index (χ3n) is 5.94. The number of aliphatic hydroxyl groups excluding tert-OH is 1. The average Bonchev–Trinajstić information content (AvgIpc) is 3.47. The van der Waals surface area contributed by atoms with Gasteiger partial charge in [-0.05, 0) is 23.8 Å². The molecule has 0 saturated carbocycles. The predicted molar refractivity (Wildman–Crippen MR) is 130 cm³/mol. The van der Waals surface area contributed by atoms with Crippen molar-refractivity contribution in [1.29, 1.82) is 0 Å². The second-order valence-corrected chi connectivity index (χ2v) is 8.58. The summed E-state index contributed by atoms with van der Waals surface area (Å²) in [6.07, 6.45) is 1.68. The molecule has 2 aliphatic heterocycles. The third-order valence-corrected chi connectivity index (χ3v) is 5.94. The number of alkyl halides is 2. The van der Waals surface area contributed by atoms with Crippen molar-refractivity contribution in [3.05, 3.63) is 84.2 Å². The van der Waals surface area contributed by atoms with Crippen LogP contribution < -0.4 is 20.1 Å². The summed E-state index contributed by atoms with van der Waals surface area (Å²) in [5.41, 5.74) is 2.69. The number of hydrogen-bond acceptors (Lipinski definition) is 6. The number of rotatable bonds is 6. The molecule has 10 heteroatoms. The standard InChI is InChI=1S/C26H24F2N4O4/c1-16-13-29-24(30-19-7-8-22-23(11-19)36-26(27,28)35-22)12-21(16)32-10-9-18(14-32)25(34)31-20(15-33)17-5-3-2-4-6-17/h2-12,14,16,20,33H,13,15H2,1H3,(H,29,30)(H,31,34)/t16-,20?/m1/s1. The SMILES string of the molecule is C[C@@H]1CN=C(Nc2ccc3c(c2)OC(F)(F)O3)C=C1n1ccc(C(=O)NC(CO)c2ccccc2)c1. The first-order chi connectivity index (χ1) is 17.3. The van der Waals surface area contributed by atoms with Crippen molar-refractivity contribution in [3.63, 3.8) is 0 Å². The Bertz CT molecular complexity index is 1340. The molecule has 8 nitrogen and oxygen atoms in total. The summed E-state index contributed by atoms with van der Waals surface area (Å²) in [4.78, 5) is 17.4. The highest BCUT2D eigenvalue weighted by Gasteiger charge is 2.43. The molecule has 3 heterocycles. The van der Waals surface area contributed by atoms with Crippen LogP contribution in [0.3, 0.4) is 0 Å². The number of halogens is 2. The van der Waals surface area contributed by atoms with Crippen molar-refractivity contribution >= 4 is 23.1 Å². The van der Waals surface area contributed by atoms with Crippen LogP contribution in [0.25, 0.3) is 5.70 Å². The first-order valence-electron chi connectivity index (χ1n) is 11.4. The first-order valence-corrected chi connectivity index (χ1v) is 11.4. The number of amidine groups is 1. The van der Waals surface area contributed by atoms with Gasteiger partial charge < -0.3 is 29.8 Å². The van der Waals surface area contributed by atoms with Crippen LogP contribution in [0.5, 0.6) is 11.5 Å². The molecule has 0 bridgehead atoms. The number of amides is 1. The molecule has 0 spiro atoms. The van der Waals surface area contributed by atoms with Gasteiger partial charge in [-0.3, -0.25) is 9.79 Å². The molecule has 0 aliphatic carbocycles. The van der Waals surface area contributed by atoms with Crippen molar-refractivity contribution < 1.29 is 28.2 Å². The van der Waals surface area contributed by atoms with Gasteiger partial charge in [-0.25, -0.2) is 0 Å². The van der Waals surface area contributed by atoms with Gasteiger partial charge in [0.2, 0.25) is 0 Å². The molecule has 1 aromatic heterocycles. The zero-order chi connectivity index (χ0) is 25.3. The molecular formula is C26H24F2N4O4. The minimum absolute atomic E-state index is 0.0326. The van der Waals surface area contributed by atoms with Crippen LogP contribution in [0.15, 0.2) is 78.1 Å². The van der Waals surface area contributed by atoms with Crippen molar-refractivity contribution in [2.45, 2.75) is 19.3 Å². The van der Waals surface area contributed by atoms with E-state index < -0.39 is 12.3 Å². The molecule has 36 heavy (non-hydrogen) atoms. The minimum Gasteiger partial charge on any atom is -0.395 e. The fourth-order valence-electron chi connectivity index (χ4n) is 4.09. The Kier molecular flexibility index (Phi) is 6.19. The first kappa shape index (κ1) is 23.6. The Morgan fingerprint density at radius 1 is 1.19 bits per heavy atom. The number of hydrogen-bond donors (Lipinski definition) is 3. The van der Waals surface area contributed by atoms with Crippen molar-refractivity contribution in [3.8, 4) is 11.5 Å². The van der Waals surface area contributed by atoms with E-state index in [2.05, 4.69) is 25.1 Å². The second kappa shape index (κ2) is 9.46. The van der Waals surface area contributed by atoms with E-state index in [0.717, 1.165) is 11.3 Å². The average molecular weight is 494 g/mol. The molecule has 3 N–H and O–H groups in total. The number of anilines is 1. The van der Waals surface area contributed by atoms with E-state index in [4.69, 9.17) is 0 Å². The third kappa shape index (κ3) is 4.94. The summed E-state index contributed by atoms with van der Waals surface area (Å²) in [6, 6.07) is 14.9. The summed E-state index contributed by atoms with van der Waals surface area (Å²) in [5.74, 6) is 0.220. The Hall–Kier alpha value is -4.18. The molecule has 5 rings (SSSR count). The van der Waals surface area contributed by atoms with Gasteiger partial charge in [0.1, 0.15) is 5.84 Å². The summed E-state index contributed by atoms with van der Waals surface area (Å²) in [5, 5.41) is 15.7. The van der Waals surface area contributed by atoms with E-state index in [1.165, 1.54) is 12.1 Å². The summed E-state index contributed by atoms with van der Waals surface area (Å²) in [7, 11) is 0. The summed E-state index contributed by atoms with van der Waals surface area (Å²) < 4.78 is 37.4. The van der Waals surface area contributed by atoms with Crippen LogP contribution in [-0.2, 0) is 0 Å². The van der Waals surface area contributed by atoms with Crippen LogP contribution in [0.1, 0.15) is 28.9 Å². The smallest absolute Gasteiger partial charge is 0.395 e. The van der Waals surface area contributed by atoms with Gasteiger partial charge in [-0.1, -0.05) is 37.3 Å². The number of aromatic nitrogens is 1. The summed E-state index contributed by atoms with van der Waals surface area (Å²) >= 11 is 0. The van der Waals surface area contributed by atoms with Crippen molar-refractivity contribution in [1.82, 2.24) is 9.88 Å². The van der Waals surface area contributed by atoms with Crippen molar-refractivity contribution in [2.24, 2.45) is 10.9 Å². The molecule has 0 fully saturated rings. The number of fused-ring (bicyclic) bond motifs is 1. The van der Waals surface area contributed by atoms with Crippen LogP contribution in [0.4, 0.5) is 14.5 Å². The monoisotopic (exact) mass is 494 g/mol. The lowest BCUT2D eigenvalue weighted by Crippen LogP contribution is -2.30. The lowest BCUT2D eigenvalue weighted by molar-refractivity contribution is -0.286. The van der Waals surface area contributed by atoms with Gasteiger partial charge in [0.15, 0.2) is 11.5 Å². The Labute approximate surface area is 205 Å². The predicted octanol–water partition coefficient (Wildman–Crippen LogP) is 4.27. The fourth-order valence-corrected chi connectivity index (χ4v) is 4.09. The highest BCUT2D eigenvalue weighted by molar-refractivity contribution is 6.07. The second-order valence-electron chi connectivity index (χ2n) is 8.58. The number of aliphatic hydroxyl groups is 1. The number of nitrogens with zero attached hydrogens (tertiary/aromatic N) is 2. The van der Waals surface area contributed by atoms with E-state index in [9.17, 15) is 18.7 Å². The van der Waals surface area contributed by atoms with Gasteiger partial charge in [0.25, 0.3) is 5.91 Å². The molecule has 2 atom stereocenters. The Morgan fingerprint density at radius 3 is 2.75 bits per heavy atom. The highest BCUT2D eigenvalue weighted by Crippen LogP contribution is 2.42. The highest BCUT2D eigenvalue weighted by atomic mass is 19.3. The number of ether oxygens (including phenoxy) is 2. The number of carbonyl (C=O) groups excluding carboxylic acids is 1. The fraction of sp³-hybridized carbons (Fsp3) is 0.231. The molecular weight excluding hydrogens is 470 g/mol. The molecule has 1 amide bonds. The number of carbonyl (C=O) groups is 1. The van der Waals surface area contributed by atoms with Crippen LogP contribution in [-0.4, -0.2) is 40.9 Å². The largest absolute Gasteiger partial charge is 0.586 e. The maximum Gasteiger partial charge on any atom is 0.586 e. The van der Waals surface area contributed by atoms with Crippen molar-refractivity contribution in [2.75, 3.05) is 18.5 Å². The lowest BCUT2D eigenvalue weighted by Gasteiger charge is -2.21. The molecule has 186 valence electrons. The molecule has 3 aromatic rings. The number of nitrogens with one attached hydrogen (secondary N) is 2. The molecule has 2 aromatic carbocycles. The zero-order valence-electron chi connectivity index (χ0n) is 19.3. The lowest BCUT2D eigenvalue weighted by atomic mass is 10.0. The molecule has 1 unspecified atom stereocenters. The molecule has 2 aliphatic rings. The van der Waals surface area contributed by atoms with Crippen LogP contribution in [0, 0.1) is 5.92 Å². The summed E-state index contributed by atoms with van der Waals surface area (Å²) in [6.45, 7) is 2.30. The van der Waals surface area contributed by atoms with Gasteiger partial charge >= 0.3 is 6.29 Å². The van der Waals surface area contributed by atoms with E-state index in [1.807, 2.05) is 47.9 Å². The normalized spacial score (nSPS) is 18.7. The maximum atomic E-state index is 13.3. The van der Waals surface area contributed by atoms with Gasteiger partial charge in [0.05, 0.1) is 18.2 Å². The Morgan fingerprint density at radius 2 is 1.97 bits per heavy atom. The number of aliphatic imine (C=N–C) groups is 1. The van der Waals surface area contributed by atoms with Gasteiger partial charge in [-0.15, -0.1) is 8.78 Å².